The highest BCUT2D eigenvalue weighted by Gasteiger charge is 2.40. The summed E-state index contributed by atoms with van der Waals surface area (Å²) >= 11 is 5.76. The molecule has 1 amide bonds. The predicted molar refractivity (Wildman–Crippen MR) is 81.1 cm³/mol. The molecule has 3 heteroatoms. The summed E-state index contributed by atoms with van der Waals surface area (Å²) in [7, 11) is 0. The number of alkyl halides is 1. The smallest absolute Gasteiger partial charge is 0.228 e. The molecular formula is C16H22ClNO. The lowest BCUT2D eigenvalue weighted by Crippen LogP contribution is -2.52. The maximum atomic E-state index is 12.5. The number of halogens is 1. The van der Waals surface area contributed by atoms with Gasteiger partial charge in [0.15, 0.2) is 0 Å². The summed E-state index contributed by atoms with van der Waals surface area (Å²) in [4.78, 5) is 14.4. The van der Waals surface area contributed by atoms with Crippen LogP contribution in [0.2, 0.25) is 0 Å². The van der Waals surface area contributed by atoms with E-state index in [4.69, 9.17) is 11.6 Å². The van der Waals surface area contributed by atoms with Crippen molar-refractivity contribution >= 4 is 23.2 Å². The summed E-state index contributed by atoms with van der Waals surface area (Å²) in [5.74, 6) is 0.981. The van der Waals surface area contributed by atoms with Gasteiger partial charge in [0.1, 0.15) is 0 Å². The summed E-state index contributed by atoms with van der Waals surface area (Å²) in [6.45, 7) is 8.60. The average molecular weight is 280 g/mol. The summed E-state index contributed by atoms with van der Waals surface area (Å²) in [6, 6.07) is 6.30. The largest absolute Gasteiger partial charge is 0.306 e. The number of fused-ring (bicyclic) bond motifs is 1. The lowest BCUT2D eigenvalue weighted by Gasteiger charge is -2.46. The average Bonchev–Trinajstić information content (AvgIpc) is 2.29. The van der Waals surface area contributed by atoms with Crippen molar-refractivity contribution in [2.45, 2.75) is 52.0 Å². The molecule has 2 rings (SSSR count). The van der Waals surface area contributed by atoms with E-state index < -0.39 is 0 Å². The van der Waals surface area contributed by atoms with Gasteiger partial charge in [0.05, 0.1) is 5.69 Å². The molecule has 0 N–H and O–H groups in total. The van der Waals surface area contributed by atoms with Crippen LogP contribution in [0.3, 0.4) is 0 Å². The summed E-state index contributed by atoms with van der Waals surface area (Å²) in [5, 5.41) is 0. The molecule has 0 saturated carbocycles. The highest BCUT2D eigenvalue weighted by Crippen LogP contribution is 2.45. The minimum atomic E-state index is -0.151. The van der Waals surface area contributed by atoms with Crippen molar-refractivity contribution in [3.05, 3.63) is 29.3 Å². The third-order valence-corrected chi connectivity index (χ3v) is 4.18. The third kappa shape index (κ3) is 2.51. The number of carbonyl (C=O) groups is 1. The number of para-hydroxylation sites is 1. The Labute approximate surface area is 120 Å². The molecule has 1 aromatic rings. The Balaban J connectivity index is 2.57. The Hall–Kier alpha value is -1.02. The second-order valence-electron chi connectivity index (χ2n) is 6.10. The number of carbonyl (C=O) groups excluding carboxylic acids is 1. The quantitative estimate of drug-likeness (QED) is 0.742. The number of anilines is 1. The molecule has 0 radical (unpaired) electrons. The number of hydrogen-bond donors (Lipinski definition) is 0. The zero-order valence-corrected chi connectivity index (χ0v) is 12.9. The van der Waals surface area contributed by atoms with Crippen LogP contribution in [0.1, 0.15) is 50.7 Å². The van der Waals surface area contributed by atoms with Gasteiger partial charge in [-0.05, 0) is 44.2 Å². The number of nitrogens with zero attached hydrogens (tertiary/aromatic N) is 1. The fourth-order valence-electron chi connectivity index (χ4n) is 3.29. The second-order valence-corrected chi connectivity index (χ2v) is 6.48. The van der Waals surface area contributed by atoms with E-state index in [1.807, 2.05) is 4.90 Å². The van der Waals surface area contributed by atoms with Gasteiger partial charge < -0.3 is 4.90 Å². The van der Waals surface area contributed by atoms with Crippen molar-refractivity contribution in [2.75, 3.05) is 10.8 Å². The summed E-state index contributed by atoms with van der Waals surface area (Å²) < 4.78 is 0. The van der Waals surface area contributed by atoms with Crippen molar-refractivity contribution in [3.63, 3.8) is 0 Å². The van der Waals surface area contributed by atoms with E-state index in [-0.39, 0.29) is 11.4 Å². The second kappa shape index (κ2) is 5.16. The van der Waals surface area contributed by atoms with Crippen molar-refractivity contribution in [2.24, 2.45) is 0 Å². The molecule has 1 aliphatic rings. The molecule has 19 heavy (non-hydrogen) atoms. The molecule has 1 unspecified atom stereocenters. The van der Waals surface area contributed by atoms with E-state index in [0.717, 1.165) is 12.1 Å². The van der Waals surface area contributed by atoms with Crippen molar-refractivity contribution < 1.29 is 4.79 Å². The van der Waals surface area contributed by atoms with E-state index >= 15 is 0 Å². The van der Waals surface area contributed by atoms with Crippen LogP contribution in [-0.2, 0) is 4.79 Å². The molecule has 1 atom stereocenters. The lowest BCUT2D eigenvalue weighted by molar-refractivity contribution is -0.119. The molecule has 1 aliphatic heterocycles. The lowest BCUT2D eigenvalue weighted by atomic mass is 9.79. The molecule has 2 nitrogen and oxygen atoms in total. The molecular weight excluding hydrogens is 258 g/mol. The number of rotatable bonds is 2. The summed E-state index contributed by atoms with van der Waals surface area (Å²) in [5.41, 5.74) is 3.39. The standard InChI is InChI=1S/C16H22ClNO/c1-11-6-5-7-13-12(2)10-16(3,4)18(15(11)13)14(19)8-9-17/h5-7,12H,8-10H2,1-4H3. The number of amides is 1. The van der Waals surface area contributed by atoms with E-state index in [1.54, 1.807) is 0 Å². The third-order valence-electron chi connectivity index (χ3n) is 3.99. The molecule has 0 aliphatic carbocycles. The molecule has 0 bridgehead atoms. The van der Waals surface area contributed by atoms with Crippen LogP contribution >= 0.6 is 11.6 Å². The number of benzene rings is 1. The van der Waals surface area contributed by atoms with Crippen molar-refractivity contribution in [1.29, 1.82) is 0 Å². The normalized spacial score (nSPS) is 21.1. The fourth-order valence-corrected chi connectivity index (χ4v) is 3.45. The fraction of sp³-hybridized carbons (Fsp3) is 0.562. The Morgan fingerprint density at radius 2 is 2.16 bits per heavy atom. The summed E-state index contributed by atoms with van der Waals surface area (Å²) in [6.07, 6.45) is 1.38. The van der Waals surface area contributed by atoms with Crippen LogP contribution < -0.4 is 4.90 Å². The first-order valence-electron chi connectivity index (χ1n) is 6.87. The van der Waals surface area contributed by atoms with Crippen LogP contribution in [0.4, 0.5) is 5.69 Å². The van der Waals surface area contributed by atoms with Gasteiger partial charge in [-0.25, -0.2) is 0 Å². The van der Waals surface area contributed by atoms with Gasteiger partial charge in [-0.1, -0.05) is 25.1 Å². The molecule has 0 saturated heterocycles. The van der Waals surface area contributed by atoms with Gasteiger partial charge in [-0.3, -0.25) is 4.79 Å². The first-order valence-corrected chi connectivity index (χ1v) is 7.40. The monoisotopic (exact) mass is 279 g/mol. The van der Waals surface area contributed by atoms with Gasteiger partial charge in [-0.2, -0.15) is 0 Å². The van der Waals surface area contributed by atoms with Crippen molar-refractivity contribution in [1.82, 2.24) is 0 Å². The van der Waals surface area contributed by atoms with Crippen LogP contribution in [0, 0.1) is 6.92 Å². The highest BCUT2D eigenvalue weighted by molar-refractivity contribution is 6.19. The molecule has 104 valence electrons. The van der Waals surface area contributed by atoms with Gasteiger partial charge in [-0.15, -0.1) is 11.6 Å². The molecule has 1 heterocycles. The van der Waals surface area contributed by atoms with Gasteiger partial charge in [0, 0.05) is 17.8 Å². The van der Waals surface area contributed by atoms with Gasteiger partial charge >= 0.3 is 0 Å². The number of hydrogen-bond acceptors (Lipinski definition) is 1. The zero-order chi connectivity index (χ0) is 14.2. The van der Waals surface area contributed by atoms with Crippen LogP contribution in [0.5, 0.6) is 0 Å². The predicted octanol–water partition coefficient (Wildman–Crippen LogP) is 4.24. The molecule has 0 spiro atoms. The maximum absolute atomic E-state index is 12.5. The SMILES string of the molecule is Cc1cccc2c1N(C(=O)CCCl)C(C)(C)CC2C. The van der Waals surface area contributed by atoms with Crippen molar-refractivity contribution in [3.8, 4) is 0 Å². The van der Waals surface area contributed by atoms with Gasteiger partial charge in [0.25, 0.3) is 0 Å². The Bertz CT molecular complexity index is 496. The first kappa shape index (κ1) is 14.4. The molecule has 0 aromatic heterocycles. The minimum absolute atomic E-state index is 0.127. The maximum Gasteiger partial charge on any atom is 0.228 e. The van der Waals surface area contributed by atoms with E-state index in [0.29, 0.717) is 18.2 Å². The first-order chi connectivity index (χ1) is 8.88. The molecule has 1 aromatic carbocycles. The van der Waals surface area contributed by atoms with Crippen LogP contribution in [0.15, 0.2) is 18.2 Å². The topological polar surface area (TPSA) is 20.3 Å². The van der Waals surface area contributed by atoms with Gasteiger partial charge in [0.2, 0.25) is 5.91 Å². The Kier molecular flexibility index (Phi) is 3.91. The Morgan fingerprint density at radius 3 is 2.79 bits per heavy atom. The number of aryl methyl sites for hydroxylation is 1. The zero-order valence-electron chi connectivity index (χ0n) is 12.2. The molecule has 0 fully saturated rings. The Morgan fingerprint density at radius 1 is 1.47 bits per heavy atom. The van der Waals surface area contributed by atoms with E-state index in [1.165, 1.54) is 11.1 Å². The van der Waals surface area contributed by atoms with Crippen LogP contribution in [0.25, 0.3) is 0 Å². The highest BCUT2D eigenvalue weighted by atomic mass is 35.5. The van der Waals surface area contributed by atoms with E-state index in [9.17, 15) is 4.79 Å². The van der Waals surface area contributed by atoms with Crippen LogP contribution in [-0.4, -0.2) is 17.3 Å². The van der Waals surface area contributed by atoms with E-state index in [2.05, 4.69) is 45.9 Å². The minimum Gasteiger partial charge on any atom is -0.306 e.